The number of anilines is 1. The number of ether oxygens (including phenoxy) is 1. The van der Waals surface area contributed by atoms with Gasteiger partial charge in [-0.05, 0) is 29.8 Å². The molecule has 2 aromatic heterocycles. The van der Waals surface area contributed by atoms with Crippen LogP contribution in [0.1, 0.15) is 21.6 Å². The average Bonchev–Trinajstić information content (AvgIpc) is 3.13. The average molecular weight is 374 g/mol. The number of aromatic amines is 1. The smallest absolute Gasteiger partial charge is 0.272 e. The summed E-state index contributed by atoms with van der Waals surface area (Å²) in [4.78, 5) is 29.6. The lowest BCUT2D eigenvalue weighted by Crippen LogP contribution is -2.18. The number of aromatic nitrogens is 3. The monoisotopic (exact) mass is 374 g/mol. The summed E-state index contributed by atoms with van der Waals surface area (Å²) in [6.45, 7) is 0. The molecule has 0 bridgehead atoms. The van der Waals surface area contributed by atoms with Crippen LogP contribution in [0.15, 0.2) is 71.7 Å². The summed E-state index contributed by atoms with van der Waals surface area (Å²) >= 11 is 0. The van der Waals surface area contributed by atoms with Crippen LogP contribution in [0, 0.1) is 0 Å². The number of hydrogen-bond acceptors (Lipinski definition) is 4. The molecule has 4 aromatic rings. The van der Waals surface area contributed by atoms with Crippen molar-refractivity contribution < 1.29 is 9.53 Å². The van der Waals surface area contributed by atoms with Crippen molar-refractivity contribution in [1.82, 2.24) is 14.6 Å². The number of nitrogens with one attached hydrogen (secondary N) is 2. The van der Waals surface area contributed by atoms with Crippen LogP contribution in [-0.4, -0.2) is 27.6 Å². The Balaban J connectivity index is 1.68. The molecule has 7 nitrogen and oxygen atoms in total. The van der Waals surface area contributed by atoms with Crippen molar-refractivity contribution >= 4 is 17.2 Å². The Labute approximate surface area is 160 Å². The summed E-state index contributed by atoms with van der Waals surface area (Å²) < 4.78 is 6.50. The molecule has 7 heteroatoms. The summed E-state index contributed by atoms with van der Waals surface area (Å²) in [7, 11) is 1.60. The maximum atomic E-state index is 12.7. The fraction of sp³-hybridized carbons (Fsp3) is 0.0952. The molecule has 0 aliphatic heterocycles. The number of rotatable bonds is 5. The second-order valence-electron chi connectivity index (χ2n) is 6.28. The van der Waals surface area contributed by atoms with Gasteiger partial charge in [-0.2, -0.15) is 0 Å². The number of amides is 1. The number of fused-ring (bicyclic) bond motifs is 1. The number of carbonyl (C=O) groups excluding carboxylic acids is 1. The summed E-state index contributed by atoms with van der Waals surface area (Å²) in [6.07, 6.45) is 1.94. The van der Waals surface area contributed by atoms with Gasteiger partial charge in [-0.1, -0.05) is 30.3 Å². The van der Waals surface area contributed by atoms with E-state index in [0.29, 0.717) is 29.0 Å². The van der Waals surface area contributed by atoms with E-state index in [1.54, 1.807) is 19.2 Å². The zero-order chi connectivity index (χ0) is 19.5. The molecule has 4 rings (SSSR count). The normalized spacial score (nSPS) is 10.8. The Morgan fingerprint density at radius 1 is 1.14 bits per heavy atom. The highest BCUT2D eigenvalue weighted by Gasteiger charge is 2.16. The van der Waals surface area contributed by atoms with E-state index in [1.165, 1.54) is 16.8 Å². The van der Waals surface area contributed by atoms with Gasteiger partial charge in [-0.25, -0.2) is 9.50 Å². The van der Waals surface area contributed by atoms with Gasteiger partial charge in [0.2, 0.25) is 0 Å². The number of carbonyl (C=O) groups is 1. The first-order chi connectivity index (χ1) is 13.6. The number of benzene rings is 2. The van der Waals surface area contributed by atoms with E-state index in [-0.39, 0.29) is 11.5 Å². The third-order valence-electron chi connectivity index (χ3n) is 4.35. The SMILES string of the molecule is COc1cccc(Cc2cc(=O)n3[nH]cc(C(=O)Nc4ccccc4)c3n2)c1. The van der Waals surface area contributed by atoms with Crippen LogP contribution in [-0.2, 0) is 6.42 Å². The molecule has 0 atom stereocenters. The van der Waals surface area contributed by atoms with Crippen molar-refractivity contribution in [2.24, 2.45) is 0 Å². The minimum Gasteiger partial charge on any atom is -0.497 e. The molecule has 0 saturated heterocycles. The standard InChI is InChI=1S/C21H18N4O3/c1-28-17-9-5-6-14(11-17)10-16-12-19(26)25-20(23-16)18(13-22-25)21(27)24-15-7-3-2-4-8-15/h2-9,11-13,22H,10H2,1H3,(H,24,27). The number of nitrogens with zero attached hydrogens (tertiary/aromatic N) is 2. The van der Waals surface area contributed by atoms with Crippen LogP contribution >= 0.6 is 0 Å². The van der Waals surface area contributed by atoms with Crippen LogP contribution in [0.25, 0.3) is 5.65 Å². The van der Waals surface area contributed by atoms with Crippen LogP contribution in [0.3, 0.4) is 0 Å². The molecular formula is C21H18N4O3. The van der Waals surface area contributed by atoms with Crippen LogP contribution in [0.5, 0.6) is 5.75 Å². The molecule has 28 heavy (non-hydrogen) atoms. The molecule has 140 valence electrons. The van der Waals surface area contributed by atoms with Gasteiger partial charge in [0.25, 0.3) is 11.5 Å². The van der Waals surface area contributed by atoms with Gasteiger partial charge in [0.1, 0.15) is 11.3 Å². The van der Waals surface area contributed by atoms with Crippen molar-refractivity contribution in [2.75, 3.05) is 12.4 Å². The molecule has 0 spiro atoms. The molecule has 2 aromatic carbocycles. The van der Waals surface area contributed by atoms with Gasteiger partial charge in [-0.3, -0.25) is 14.7 Å². The van der Waals surface area contributed by atoms with E-state index in [9.17, 15) is 9.59 Å². The van der Waals surface area contributed by atoms with Gasteiger partial charge >= 0.3 is 0 Å². The van der Waals surface area contributed by atoms with E-state index in [1.807, 2.05) is 42.5 Å². The van der Waals surface area contributed by atoms with Gasteiger partial charge in [0.05, 0.1) is 12.8 Å². The summed E-state index contributed by atoms with van der Waals surface area (Å²) in [6, 6.07) is 18.1. The Morgan fingerprint density at radius 2 is 1.96 bits per heavy atom. The molecule has 2 N–H and O–H groups in total. The van der Waals surface area contributed by atoms with Crippen molar-refractivity contribution in [3.05, 3.63) is 94.0 Å². The van der Waals surface area contributed by atoms with Gasteiger partial charge in [-0.15, -0.1) is 0 Å². The molecule has 0 saturated carbocycles. The summed E-state index contributed by atoms with van der Waals surface area (Å²) in [5.74, 6) is 0.398. The minimum absolute atomic E-state index is 0.276. The maximum Gasteiger partial charge on any atom is 0.272 e. The highest BCUT2D eigenvalue weighted by atomic mass is 16.5. The lowest BCUT2D eigenvalue weighted by molar-refractivity contribution is 0.102. The molecule has 0 radical (unpaired) electrons. The zero-order valence-electron chi connectivity index (χ0n) is 15.2. The summed E-state index contributed by atoms with van der Waals surface area (Å²) in [5, 5.41) is 5.60. The molecule has 1 amide bonds. The predicted octanol–water partition coefficient (Wildman–Crippen LogP) is 2.87. The third-order valence-corrected chi connectivity index (χ3v) is 4.35. The van der Waals surface area contributed by atoms with Gasteiger partial charge in [0.15, 0.2) is 5.65 Å². The third kappa shape index (κ3) is 3.50. The van der Waals surface area contributed by atoms with Gasteiger partial charge in [0, 0.05) is 24.4 Å². The first-order valence-electron chi connectivity index (χ1n) is 8.73. The number of hydrogen-bond donors (Lipinski definition) is 2. The van der Waals surface area contributed by atoms with E-state index in [2.05, 4.69) is 15.4 Å². The largest absolute Gasteiger partial charge is 0.497 e. The Hall–Kier alpha value is -3.87. The molecule has 0 unspecified atom stereocenters. The lowest BCUT2D eigenvalue weighted by Gasteiger charge is -2.06. The highest BCUT2D eigenvalue weighted by Crippen LogP contribution is 2.16. The van der Waals surface area contributed by atoms with E-state index >= 15 is 0 Å². The first kappa shape index (κ1) is 17.5. The minimum atomic E-state index is -0.338. The van der Waals surface area contributed by atoms with Gasteiger partial charge < -0.3 is 10.1 Å². The number of H-pyrrole nitrogens is 1. The van der Waals surface area contributed by atoms with E-state index in [4.69, 9.17) is 4.74 Å². The second kappa shape index (κ2) is 7.40. The molecule has 0 fully saturated rings. The fourth-order valence-electron chi connectivity index (χ4n) is 3.00. The number of methoxy groups -OCH3 is 1. The molecule has 0 aliphatic carbocycles. The van der Waals surface area contributed by atoms with Crippen molar-refractivity contribution in [1.29, 1.82) is 0 Å². The van der Waals surface area contributed by atoms with Crippen molar-refractivity contribution in [3.63, 3.8) is 0 Å². The lowest BCUT2D eigenvalue weighted by atomic mass is 10.1. The Kier molecular flexibility index (Phi) is 4.63. The summed E-state index contributed by atoms with van der Waals surface area (Å²) in [5.41, 5.74) is 2.52. The molecule has 2 heterocycles. The van der Waals surface area contributed by atoms with Crippen LogP contribution in [0.2, 0.25) is 0 Å². The second-order valence-corrected chi connectivity index (χ2v) is 6.28. The van der Waals surface area contributed by atoms with Crippen molar-refractivity contribution in [2.45, 2.75) is 6.42 Å². The van der Waals surface area contributed by atoms with E-state index < -0.39 is 0 Å². The molecule has 0 aliphatic rings. The first-order valence-corrected chi connectivity index (χ1v) is 8.73. The topological polar surface area (TPSA) is 88.5 Å². The van der Waals surface area contributed by atoms with E-state index in [0.717, 1.165) is 11.3 Å². The fourth-order valence-corrected chi connectivity index (χ4v) is 3.00. The quantitative estimate of drug-likeness (QED) is 0.562. The Bertz CT molecular complexity index is 1200. The zero-order valence-corrected chi connectivity index (χ0v) is 15.2. The molecular weight excluding hydrogens is 356 g/mol. The maximum absolute atomic E-state index is 12.7. The Morgan fingerprint density at radius 3 is 2.75 bits per heavy atom. The predicted molar refractivity (Wildman–Crippen MR) is 106 cm³/mol. The van der Waals surface area contributed by atoms with Crippen molar-refractivity contribution in [3.8, 4) is 5.75 Å². The van der Waals surface area contributed by atoms with Crippen LogP contribution < -0.4 is 15.6 Å². The van der Waals surface area contributed by atoms with Crippen LogP contribution in [0.4, 0.5) is 5.69 Å². The highest BCUT2D eigenvalue weighted by molar-refractivity contribution is 6.08. The number of para-hydroxylation sites is 1.